The first-order valence-corrected chi connectivity index (χ1v) is 8.04. The molecule has 20 heavy (non-hydrogen) atoms. The van der Waals surface area contributed by atoms with Gasteiger partial charge in [0.25, 0.3) is 5.91 Å². The van der Waals surface area contributed by atoms with Crippen LogP contribution in [0.3, 0.4) is 0 Å². The van der Waals surface area contributed by atoms with E-state index < -0.39 is 12.0 Å². The van der Waals surface area contributed by atoms with Gasteiger partial charge in [0.05, 0.1) is 5.56 Å². The summed E-state index contributed by atoms with van der Waals surface area (Å²) in [5.74, 6) is -1.06. The first-order valence-electron chi connectivity index (χ1n) is 6.82. The maximum Gasteiger partial charge on any atom is 0.326 e. The fourth-order valence-electron chi connectivity index (χ4n) is 2.58. The second-order valence-corrected chi connectivity index (χ2v) is 5.75. The van der Waals surface area contributed by atoms with E-state index in [0.29, 0.717) is 18.5 Å². The van der Waals surface area contributed by atoms with E-state index in [1.165, 1.54) is 16.7 Å². The van der Waals surface area contributed by atoms with Crippen LogP contribution in [0.15, 0.2) is 29.2 Å². The van der Waals surface area contributed by atoms with Crippen LogP contribution in [0.5, 0.6) is 0 Å². The molecule has 0 aliphatic carbocycles. The number of hydrogen-bond donors (Lipinski definition) is 1. The van der Waals surface area contributed by atoms with Gasteiger partial charge in [0, 0.05) is 11.4 Å². The van der Waals surface area contributed by atoms with Crippen molar-refractivity contribution in [3.05, 3.63) is 29.8 Å². The smallest absolute Gasteiger partial charge is 0.326 e. The lowest BCUT2D eigenvalue weighted by atomic mass is 10.1. The summed E-state index contributed by atoms with van der Waals surface area (Å²) in [6.45, 7) is 0.526. The fraction of sp³-hybridized carbons (Fsp3) is 0.467. The molecule has 1 fully saturated rings. The quantitative estimate of drug-likeness (QED) is 0.871. The van der Waals surface area contributed by atoms with E-state index in [1.54, 1.807) is 6.07 Å². The lowest BCUT2D eigenvalue weighted by Gasteiger charge is -2.27. The van der Waals surface area contributed by atoms with Crippen molar-refractivity contribution in [3.8, 4) is 0 Å². The van der Waals surface area contributed by atoms with Gasteiger partial charge in [-0.15, -0.1) is 11.8 Å². The zero-order valence-corrected chi connectivity index (χ0v) is 12.4. The van der Waals surface area contributed by atoms with E-state index in [0.717, 1.165) is 24.2 Å². The number of carbonyl (C=O) groups is 2. The monoisotopic (exact) mass is 293 g/mol. The molecule has 1 saturated heterocycles. The molecule has 1 heterocycles. The summed E-state index contributed by atoms with van der Waals surface area (Å²) in [6.07, 6.45) is 5.19. The van der Waals surface area contributed by atoms with E-state index in [4.69, 9.17) is 0 Å². The summed E-state index contributed by atoms with van der Waals surface area (Å²) in [5.41, 5.74) is 0.605. The second-order valence-electron chi connectivity index (χ2n) is 4.90. The molecule has 2 rings (SSSR count). The standard InChI is InChI=1S/C15H19NO3S/c1-20-13-9-5-4-7-11(13)14(17)16-10-6-2-3-8-12(16)15(18)19/h4-5,7,9,12H,2-3,6,8,10H2,1H3,(H,18,19). The average molecular weight is 293 g/mol. The van der Waals surface area contributed by atoms with Gasteiger partial charge in [0.2, 0.25) is 0 Å². The van der Waals surface area contributed by atoms with Crippen LogP contribution in [0.1, 0.15) is 36.0 Å². The Morgan fingerprint density at radius 3 is 2.70 bits per heavy atom. The molecule has 1 unspecified atom stereocenters. The van der Waals surface area contributed by atoms with Crippen LogP contribution in [-0.2, 0) is 4.79 Å². The van der Waals surface area contributed by atoms with E-state index >= 15 is 0 Å². The van der Waals surface area contributed by atoms with Crippen molar-refractivity contribution in [3.63, 3.8) is 0 Å². The Kier molecular flexibility index (Phi) is 5.06. The van der Waals surface area contributed by atoms with Gasteiger partial charge in [-0.25, -0.2) is 4.79 Å². The van der Waals surface area contributed by atoms with Crippen LogP contribution in [0.2, 0.25) is 0 Å². The first kappa shape index (κ1) is 14.9. The number of carbonyl (C=O) groups excluding carboxylic acids is 1. The van der Waals surface area contributed by atoms with E-state index in [1.807, 2.05) is 24.5 Å². The number of hydrogen-bond acceptors (Lipinski definition) is 3. The van der Waals surface area contributed by atoms with Crippen LogP contribution in [0.4, 0.5) is 0 Å². The van der Waals surface area contributed by atoms with Gasteiger partial charge in [-0.3, -0.25) is 4.79 Å². The number of carboxylic acid groups (broad SMARTS) is 1. The molecule has 0 aromatic heterocycles. The van der Waals surface area contributed by atoms with Crippen molar-refractivity contribution in [2.24, 2.45) is 0 Å². The zero-order valence-electron chi connectivity index (χ0n) is 11.5. The van der Waals surface area contributed by atoms with Crippen LogP contribution in [0.25, 0.3) is 0 Å². The first-order chi connectivity index (χ1) is 9.65. The summed E-state index contributed by atoms with van der Waals surface area (Å²) in [4.78, 5) is 26.5. The Bertz CT molecular complexity index is 504. The maximum atomic E-state index is 12.7. The number of amides is 1. The highest BCUT2D eigenvalue weighted by Crippen LogP contribution is 2.25. The fourth-order valence-corrected chi connectivity index (χ4v) is 3.17. The number of aliphatic carboxylic acids is 1. The molecule has 0 saturated carbocycles. The number of carboxylic acids is 1. The average Bonchev–Trinajstić information content (AvgIpc) is 2.72. The highest BCUT2D eigenvalue weighted by molar-refractivity contribution is 7.98. The predicted molar refractivity (Wildman–Crippen MR) is 79.2 cm³/mol. The maximum absolute atomic E-state index is 12.7. The molecular weight excluding hydrogens is 274 g/mol. The minimum Gasteiger partial charge on any atom is -0.480 e. The number of benzene rings is 1. The summed E-state index contributed by atoms with van der Waals surface area (Å²) < 4.78 is 0. The molecule has 1 atom stereocenters. The lowest BCUT2D eigenvalue weighted by molar-refractivity contribution is -0.142. The summed E-state index contributed by atoms with van der Waals surface area (Å²) in [6, 6.07) is 6.68. The number of thioether (sulfide) groups is 1. The molecule has 5 heteroatoms. The Hall–Kier alpha value is -1.49. The van der Waals surface area contributed by atoms with Gasteiger partial charge in [0.15, 0.2) is 0 Å². The topological polar surface area (TPSA) is 57.6 Å². The van der Waals surface area contributed by atoms with Gasteiger partial charge in [-0.1, -0.05) is 25.0 Å². The van der Waals surface area contributed by atoms with E-state index in [2.05, 4.69) is 0 Å². The number of likely N-dealkylation sites (tertiary alicyclic amines) is 1. The Labute approximate surface area is 123 Å². The molecule has 4 nitrogen and oxygen atoms in total. The predicted octanol–water partition coefficient (Wildman–Crippen LogP) is 2.88. The van der Waals surface area contributed by atoms with Crippen LogP contribution in [-0.4, -0.2) is 40.7 Å². The molecular formula is C15H19NO3S. The zero-order chi connectivity index (χ0) is 14.5. The highest BCUT2D eigenvalue weighted by atomic mass is 32.2. The van der Waals surface area contributed by atoms with Crippen LogP contribution in [0, 0.1) is 0 Å². The molecule has 1 aliphatic heterocycles. The molecule has 0 bridgehead atoms. The van der Waals surface area contributed by atoms with Crippen molar-refractivity contribution >= 4 is 23.6 Å². The summed E-state index contributed by atoms with van der Waals surface area (Å²) >= 11 is 1.51. The summed E-state index contributed by atoms with van der Waals surface area (Å²) in [7, 11) is 0. The third-order valence-electron chi connectivity index (χ3n) is 3.64. The van der Waals surface area contributed by atoms with E-state index in [9.17, 15) is 14.7 Å². The van der Waals surface area contributed by atoms with Crippen molar-refractivity contribution in [2.75, 3.05) is 12.8 Å². The minimum atomic E-state index is -0.901. The third kappa shape index (κ3) is 3.15. The minimum absolute atomic E-state index is 0.163. The molecule has 1 N–H and O–H groups in total. The molecule has 1 aromatic carbocycles. The molecule has 108 valence electrons. The SMILES string of the molecule is CSc1ccccc1C(=O)N1CCCCCC1C(=O)O. The molecule has 0 spiro atoms. The summed E-state index contributed by atoms with van der Waals surface area (Å²) in [5, 5.41) is 9.36. The Balaban J connectivity index is 2.31. The van der Waals surface area contributed by atoms with Crippen molar-refractivity contribution in [2.45, 2.75) is 36.6 Å². The van der Waals surface area contributed by atoms with Gasteiger partial charge >= 0.3 is 5.97 Å². The van der Waals surface area contributed by atoms with Crippen LogP contribution < -0.4 is 0 Å². The number of nitrogens with zero attached hydrogens (tertiary/aromatic N) is 1. The van der Waals surface area contributed by atoms with Crippen molar-refractivity contribution in [1.29, 1.82) is 0 Å². The lowest BCUT2D eigenvalue weighted by Crippen LogP contribution is -2.44. The van der Waals surface area contributed by atoms with E-state index in [-0.39, 0.29) is 5.91 Å². The van der Waals surface area contributed by atoms with Gasteiger partial charge in [0.1, 0.15) is 6.04 Å². The number of rotatable bonds is 3. The second kappa shape index (κ2) is 6.79. The molecule has 1 aliphatic rings. The molecule has 1 amide bonds. The largest absolute Gasteiger partial charge is 0.480 e. The van der Waals surface area contributed by atoms with Gasteiger partial charge < -0.3 is 10.0 Å². The molecule has 1 aromatic rings. The van der Waals surface area contributed by atoms with Gasteiger partial charge in [-0.2, -0.15) is 0 Å². The van der Waals surface area contributed by atoms with Crippen molar-refractivity contribution in [1.82, 2.24) is 4.90 Å². The Morgan fingerprint density at radius 2 is 2.00 bits per heavy atom. The Morgan fingerprint density at radius 1 is 1.25 bits per heavy atom. The normalized spacial score (nSPS) is 19.4. The molecule has 0 radical (unpaired) electrons. The van der Waals surface area contributed by atoms with Gasteiger partial charge in [-0.05, 0) is 31.2 Å². The van der Waals surface area contributed by atoms with Crippen LogP contribution >= 0.6 is 11.8 Å². The third-order valence-corrected chi connectivity index (χ3v) is 4.43. The van der Waals surface area contributed by atoms with Crippen molar-refractivity contribution < 1.29 is 14.7 Å². The highest BCUT2D eigenvalue weighted by Gasteiger charge is 2.31.